The van der Waals surface area contributed by atoms with E-state index < -0.39 is 10.0 Å². The molecule has 0 saturated carbocycles. The molecule has 0 aliphatic rings. The Bertz CT molecular complexity index is 1560. The second-order valence-corrected chi connectivity index (χ2v) is 10.6. The maximum absolute atomic E-state index is 13.2. The molecule has 0 atom stereocenters. The number of phenols is 1. The van der Waals surface area contributed by atoms with E-state index in [1.54, 1.807) is 25.1 Å². The van der Waals surface area contributed by atoms with Gasteiger partial charge in [0.25, 0.3) is 0 Å². The minimum Gasteiger partial charge on any atom is -0.691 e. The zero-order chi connectivity index (χ0) is 25.3. The topological polar surface area (TPSA) is 137 Å². The third-order valence-corrected chi connectivity index (χ3v) is 7.91. The second-order valence-electron chi connectivity index (χ2n) is 8.16. The van der Waals surface area contributed by atoms with Crippen LogP contribution in [-0.2, 0) is 24.2 Å². The smallest absolute Gasteiger partial charge is 0.691 e. The summed E-state index contributed by atoms with van der Waals surface area (Å²) in [5, 5.41) is 31.2. The Morgan fingerprint density at radius 2 is 1.72 bits per heavy atom. The van der Waals surface area contributed by atoms with E-state index in [2.05, 4.69) is 26.0 Å². The Balaban J connectivity index is 0.00000361. The molecule has 12 heteroatoms. The first kappa shape index (κ1) is 28.6. The van der Waals surface area contributed by atoms with Crippen LogP contribution < -0.4 is 44.9 Å². The van der Waals surface area contributed by atoms with Crippen LogP contribution >= 0.6 is 12.0 Å². The molecule has 0 aromatic heterocycles. The number of hydrogen-bond acceptors (Lipinski definition) is 8. The Labute approximate surface area is 234 Å². The Morgan fingerprint density at radius 3 is 2.42 bits per heavy atom. The third-order valence-electron chi connectivity index (χ3n) is 5.77. The van der Waals surface area contributed by atoms with Gasteiger partial charge in [0, 0.05) is 45.8 Å². The number of sulfonamides is 1. The monoisotopic (exact) mass is 538 g/mol. The first-order valence-electron chi connectivity index (χ1n) is 10.7. The molecule has 36 heavy (non-hydrogen) atoms. The summed E-state index contributed by atoms with van der Waals surface area (Å²) in [6.45, 7) is 7.41. The molecule has 0 unspecified atom stereocenters. The van der Waals surface area contributed by atoms with Crippen molar-refractivity contribution in [2.75, 3.05) is 13.1 Å². The van der Waals surface area contributed by atoms with Crippen molar-refractivity contribution in [1.29, 1.82) is 0 Å². The van der Waals surface area contributed by atoms with Crippen molar-refractivity contribution in [3.8, 4) is 5.75 Å². The molecule has 184 valence electrons. The van der Waals surface area contributed by atoms with Gasteiger partial charge in [0.05, 0.1) is 16.9 Å². The van der Waals surface area contributed by atoms with E-state index in [9.17, 15) is 23.6 Å². The largest absolute Gasteiger partial charge is 1.00 e. The number of rotatable bonds is 10. The molecule has 0 radical (unpaired) electrons. The van der Waals surface area contributed by atoms with Crippen LogP contribution in [0.2, 0.25) is 0 Å². The maximum atomic E-state index is 13.2. The van der Waals surface area contributed by atoms with Gasteiger partial charge in [-0.05, 0) is 54.1 Å². The van der Waals surface area contributed by atoms with E-state index in [1.807, 2.05) is 19.1 Å². The standard InChI is InChI=1S/C24H24N2O7S2.Na/c1-13(2)24(28)25-9-4-10-26-35(30,31)21-12-19(27)16-6-5-15-14(3)11-20(34-33-32-29)17-7-8-18(21)23(16)22(15)17;/h5-8,11-12,26-27,29H,1,4,9-10H2,2-3H3,(H,25,28);/q;+1/p-1. The Morgan fingerprint density at radius 1 is 1.08 bits per heavy atom. The van der Waals surface area contributed by atoms with Crippen LogP contribution in [0.5, 0.6) is 5.75 Å². The summed E-state index contributed by atoms with van der Waals surface area (Å²) in [6.07, 6.45) is 0.373. The summed E-state index contributed by atoms with van der Waals surface area (Å²) in [7, 11) is -3.99. The van der Waals surface area contributed by atoms with Crippen molar-refractivity contribution in [2.24, 2.45) is 0 Å². The molecule has 0 spiro atoms. The summed E-state index contributed by atoms with van der Waals surface area (Å²) in [5.74, 6) is -0.458. The number of phenolic OH excluding ortho intramolecular Hbond substituents is 1. The van der Waals surface area contributed by atoms with E-state index in [0.29, 0.717) is 33.0 Å². The third kappa shape index (κ3) is 5.49. The van der Waals surface area contributed by atoms with E-state index >= 15 is 0 Å². The normalized spacial score (nSPS) is 11.8. The molecule has 0 fully saturated rings. The van der Waals surface area contributed by atoms with Crippen molar-refractivity contribution in [3.63, 3.8) is 0 Å². The molecule has 3 N–H and O–H groups in total. The van der Waals surface area contributed by atoms with Crippen molar-refractivity contribution in [2.45, 2.75) is 30.1 Å². The van der Waals surface area contributed by atoms with Crippen molar-refractivity contribution in [3.05, 3.63) is 54.1 Å². The number of hydrogen-bond donors (Lipinski definition) is 3. The van der Waals surface area contributed by atoms with Gasteiger partial charge in [-0.15, -0.1) is 0 Å². The number of aromatic hydroxyl groups is 1. The van der Waals surface area contributed by atoms with Crippen LogP contribution in [0.15, 0.2) is 58.3 Å². The van der Waals surface area contributed by atoms with Gasteiger partial charge in [-0.1, -0.05) is 24.8 Å². The van der Waals surface area contributed by atoms with Crippen LogP contribution in [-0.4, -0.2) is 32.5 Å². The van der Waals surface area contributed by atoms with Crippen LogP contribution in [0.4, 0.5) is 0 Å². The SMILES string of the molecule is C=C(C)C(=O)NCCCNS(=O)(=O)c1cc(O)c2ccc3c(C)cc(SOO[O-])c4ccc1c2c34.[Na+]. The maximum Gasteiger partial charge on any atom is 1.00 e. The molecule has 0 aliphatic heterocycles. The van der Waals surface area contributed by atoms with Crippen LogP contribution in [0, 0.1) is 6.92 Å². The van der Waals surface area contributed by atoms with Gasteiger partial charge in [-0.2, -0.15) is 4.33 Å². The van der Waals surface area contributed by atoms with Gasteiger partial charge in [0.1, 0.15) is 5.75 Å². The minimum atomic E-state index is -3.99. The summed E-state index contributed by atoms with van der Waals surface area (Å²) in [5.41, 5.74) is 1.25. The predicted octanol–water partition coefficient (Wildman–Crippen LogP) is 0.193. The Hall–Kier alpha value is -1.93. The van der Waals surface area contributed by atoms with Gasteiger partial charge in [-0.25, -0.2) is 13.1 Å². The number of amides is 1. The van der Waals surface area contributed by atoms with Crippen molar-refractivity contribution < 1.29 is 62.5 Å². The zero-order valence-corrected chi connectivity index (χ0v) is 23.6. The van der Waals surface area contributed by atoms with Crippen LogP contribution in [0.25, 0.3) is 32.3 Å². The average molecular weight is 539 g/mol. The number of aryl methyl sites for hydroxylation is 1. The van der Waals surface area contributed by atoms with E-state index in [0.717, 1.165) is 33.8 Å². The first-order chi connectivity index (χ1) is 16.7. The first-order valence-corrected chi connectivity index (χ1v) is 12.9. The van der Waals surface area contributed by atoms with Gasteiger partial charge >= 0.3 is 29.6 Å². The minimum absolute atomic E-state index is 0. The van der Waals surface area contributed by atoms with E-state index in [1.165, 1.54) is 6.07 Å². The summed E-state index contributed by atoms with van der Waals surface area (Å²) >= 11 is 0.757. The molecule has 0 aliphatic carbocycles. The molecule has 1 amide bonds. The van der Waals surface area contributed by atoms with E-state index in [4.69, 9.17) is 0 Å². The molecule has 4 aromatic carbocycles. The second kappa shape index (κ2) is 11.6. The summed E-state index contributed by atoms with van der Waals surface area (Å²) in [4.78, 5) is 12.1. The summed E-state index contributed by atoms with van der Waals surface area (Å²) in [6, 6.07) is 10.1. The molecular weight excluding hydrogens is 515 g/mol. The van der Waals surface area contributed by atoms with Gasteiger partial charge in [0.15, 0.2) is 0 Å². The number of carbonyl (C=O) groups excluding carboxylic acids is 1. The van der Waals surface area contributed by atoms with E-state index in [-0.39, 0.29) is 59.2 Å². The van der Waals surface area contributed by atoms with Crippen LogP contribution in [0.3, 0.4) is 0 Å². The number of benzene rings is 4. The molecule has 0 bridgehead atoms. The molecule has 0 saturated heterocycles. The fourth-order valence-electron chi connectivity index (χ4n) is 4.15. The quantitative estimate of drug-likeness (QED) is 0.0495. The fraction of sp³-hybridized carbons (Fsp3) is 0.208. The average Bonchev–Trinajstić information content (AvgIpc) is 2.82. The van der Waals surface area contributed by atoms with Gasteiger partial charge in [-0.3, -0.25) is 9.83 Å². The summed E-state index contributed by atoms with van der Waals surface area (Å²) < 4.78 is 33.5. The number of nitrogens with one attached hydrogen (secondary N) is 2. The molecular formula is C24H23N2NaO7S2. The van der Waals surface area contributed by atoms with Crippen molar-refractivity contribution in [1.82, 2.24) is 10.0 Å². The van der Waals surface area contributed by atoms with Gasteiger partial charge in [0.2, 0.25) is 15.9 Å². The predicted molar refractivity (Wildman–Crippen MR) is 132 cm³/mol. The van der Waals surface area contributed by atoms with Gasteiger partial charge < -0.3 is 15.7 Å². The fourth-order valence-corrected chi connectivity index (χ4v) is 6.03. The molecule has 4 rings (SSSR count). The molecule has 0 heterocycles. The Kier molecular flexibility index (Phi) is 9.25. The molecule has 4 aromatic rings. The van der Waals surface area contributed by atoms with Crippen LogP contribution in [0.1, 0.15) is 18.9 Å². The molecule has 9 nitrogen and oxygen atoms in total. The van der Waals surface area contributed by atoms with Crippen molar-refractivity contribution >= 4 is 60.3 Å². The number of carbonyl (C=O) groups is 1. The zero-order valence-electron chi connectivity index (χ0n) is 20.0.